The van der Waals surface area contributed by atoms with Gasteiger partial charge in [-0.2, -0.15) is 0 Å². The van der Waals surface area contributed by atoms with E-state index in [1.54, 1.807) is 6.07 Å². The molecule has 4 heteroatoms. The first-order chi connectivity index (χ1) is 11.5. The van der Waals surface area contributed by atoms with Crippen molar-refractivity contribution in [1.29, 1.82) is 0 Å². The van der Waals surface area contributed by atoms with Crippen LogP contribution in [0.4, 0.5) is 0 Å². The molecule has 0 amide bonds. The molecule has 0 aliphatic rings. The molecule has 1 heterocycles. The van der Waals surface area contributed by atoms with Gasteiger partial charge in [0.2, 0.25) is 0 Å². The van der Waals surface area contributed by atoms with E-state index in [-0.39, 0.29) is 0 Å². The van der Waals surface area contributed by atoms with Gasteiger partial charge >= 0.3 is 0 Å². The third kappa shape index (κ3) is 3.84. The Bertz CT molecular complexity index is 818. The number of benzene rings is 2. The van der Waals surface area contributed by atoms with Crippen LogP contribution in [0.5, 0.6) is 0 Å². The van der Waals surface area contributed by atoms with E-state index in [0.29, 0.717) is 10.0 Å². The Labute approximate surface area is 153 Å². The molecule has 0 unspecified atom stereocenters. The van der Waals surface area contributed by atoms with Crippen molar-refractivity contribution in [1.82, 2.24) is 9.88 Å². The fraction of sp³-hybridized carbons (Fsp3) is 0.200. The summed E-state index contributed by atoms with van der Waals surface area (Å²) in [4.78, 5) is 0. The van der Waals surface area contributed by atoms with E-state index < -0.39 is 0 Å². The molecule has 2 aromatic carbocycles. The first-order valence-electron chi connectivity index (χ1n) is 7.93. The van der Waals surface area contributed by atoms with Crippen LogP contribution in [-0.4, -0.2) is 4.57 Å². The standard InChI is InChI=1S/C20H20Cl2N2/c1-14-8-17(13-23-12-16-6-4-3-5-7-16)15(2)24(14)20-10-18(21)9-19(22)11-20/h3-11,23H,12-13H2,1-2H3. The molecule has 0 spiro atoms. The Morgan fingerprint density at radius 1 is 0.875 bits per heavy atom. The van der Waals surface area contributed by atoms with Gasteiger partial charge in [-0.05, 0) is 49.2 Å². The van der Waals surface area contributed by atoms with Crippen molar-refractivity contribution in [3.8, 4) is 5.69 Å². The van der Waals surface area contributed by atoms with E-state index in [1.807, 2.05) is 18.2 Å². The average molecular weight is 359 g/mol. The van der Waals surface area contributed by atoms with Crippen LogP contribution in [0.15, 0.2) is 54.6 Å². The molecule has 2 nitrogen and oxygen atoms in total. The Morgan fingerprint density at radius 2 is 1.54 bits per heavy atom. The predicted octanol–water partition coefficient (Wildman–Crippen LogP) is 5.69. The maximum atomic E-state index is 6.15. The lowest BCUT2D eigenvalue weighted by Crippen LogP contribution is -2.13. The third-order valence-corrected chi connectivity index (χ3v) is 4.57. The van der Waals surface area contributed by atoms with Crippen LogP contribution in [0.1, 0.15) is 22.5 Å². The number of nitrogens with zero attached hydrogens (tertiary/aromatic N) is 1. The first-order valence-corrected chi connectivity index (χ1v) is 8.69. The fourth-order valence-corrected chi connectivity index (χ4v) is 3.53. The van der Waals surface area contributed by atoms with E-state index in [9.17, 15) is 0 Å². The highest BCUT2D eigenvalue weighted by Crippen LogP contribution is 2.26. The van der Waals surface area contributed by atoms with E-state index in [2.05, 4.69) is 54.1 Å². The van der Waals surface area contributed by atoms with Gasteiger partial charge in [-0.15, -0.1) is 0 Å². The maximum Gasteiger partial charge on any atom is 0.0484 e. The van der Waals surface area contributed by atoms with Crippen LogP contribution in [-0.2, 0) is 13.1 Å². The fourth-order valence-electron chi connectivity index (χ4n) is 3.01. The van der Waals surface area contributed by atoms with Crippen LogP contribution in [0.25, 0.3) is 5.69 Å². The number of nitrogens with one attached hydrogen (secondary N) is 1. The number of hydrogen-bond acceptors (Lipinski definition) is 1. The van der Waals surface area contributed by atoms with Gasteiger partial charge in [-0.1, -0.05) is 53.5 Å². The summed E-state index contributed by atoms with van der Waals surface area (Å²) < 4.78 is 2.19. The largest absolute Gasteiger partial charge is 0.318 e. The highest BCUT2D eigenvalue weighted by atomic mass is 35.5. The summed E-state index contributed by atoms with van der Waals surface area (Å²) in [6.07, 6.45) is 0. The van der Waals surface area contributed by atoms with Gasteiger partial charge in [-0.3, -0.25) is 0 Å². The van der Waals surface area contributed by atoms with Crippen molar-refractivity contribution in [2.45, 2.75) is 26.9 Å². The average Bonchev–Trinajstić information content (AvgIpc) is 2.81. The normalized spacial score (nSPS) is 11.0. The first kappa shape index (κ1) is 17.1. The molecule has 3 aromatic rings. The van der Waals surface area contributed by atoms with E-state index >= 15 is 0 Å². The van der Waals surface area contributed by atoms with Crippen LogP contribution in [0.2, 0.25) is 10.0 Å². The van der Waals surface area contributed by atoms with Crippen LogP contribution in [0, 0.1) is 13.8 Å². The van der Waals surface area contributed by atoms with Gasteiger partial charge in [0.15, 0.2) is 0 Å². The zero-order valence-electron chi connectivity index (χ0n) is 13.8. The smallest absolute Gasteiger partial charge is 0.0484 e. The molecule has 0 saturated heterocycles. The Kier molecular flexibility index (Phi) is 5.30. The zero-order chi connectivity index (χ0) is 17.1. The molecular weight excluding hydrogens is 339 g/mol. The van der Waals surface area contributed by atoms with Crippen molar-refractivity contribution in [2.24, 2.45) is 0 Å². The molecule has 0 aliphatic carbocycles. The van der Waals surface area contributed by atoms with Crippen LogP contribution in [0.3, 0.4) is 0 Å². The highest BCUT2D eigenvalue weighted by Gasteiger charge is 2.11. The molecule has 3 rings (SSSR count). The minimum Gasteiger partial charge on any atom is -0.318 e. The lowest BCUT2D eigenvalue weighted by molar-refractivity contribution is 0.689. The minimum atomic E-state index is 0.647. The molecule has 0 radical (unpaired) electrons. The predicted molar refractivity (Wildman–Crippen MR) is 102 cm³/mol. The summed E-state index contributed by atoms with van der Waals surface area (Å²) in [6, 6.07) is 18.3. The second kappa shape index (κ2) is 7.43. The van der Waals surface area contributed by atoms with E-state index in [1.165, 1.54) is 22.5 Å². The molecule has 0 aliphatic heterocycles. The Hall–Kier alpha value is -1.74. The molecule has 1 N–H and O–H groups in total. The van der Waals surface area contributed by atoms with Gasteiger partial charge in [0.25, 0.3) is 0 Å². The number of aromatic nitrogens is 1. The summed E-state index contributed by atoms with van der Waals surface area (Å²) in [5.41, 5.74) is 5.93. The molecular formula is C20H20Cl2N2. The van der Waals surface area contributed by atoms with Crippen LogP contribution >= 0.6 is 23.2 Å². The summed E-state index contributed by atoms with van der Waals surface area (Å²) in [7, 11) is 0. The number of aryl methyl sites for hydroxylation is 1. The molecule has 1 aromatic heterocycles. The van der Waals surface area contributed by atoms with Gasteiger partial charge in [0, 0.05) is 40.2 Å². The van der Waals surface area contributed by atoms with Crippen molar-refractivity contribution in [3.05, 3.63) is 87.2 Å². The third-order valence-electron chi connectivity index (χ3n) is 4.13. The summed E-state index contributed by atoms with van der Waals surface area (Å²) in [5, 5.41) is 4.80. The minimum absolute atomic E-state index is 0.647. The second-order valence-corrected chi connectivity index (χ2v) is 6.82. The van der Waals surface area contributed by atoms with Crippen molar-refractivity contribution < 1.29 is 0 Å². The van der Waals surface area contributed by atoms with Crippen LogP contribution < -0.4 is 5.32 Å². The van der Waals surface area contributed by atoms with Gasteiger partial charge in [-0.25, -0.2) is 0 Å². The van der Waals surface area contributed by atoms with Gasteiger partial charge < -0.3 is 9.88 Å². The number of halogens is 2. The Balaban J connectivity index is 1.79. The number of rotatable bonds is 5. The molecule has 0 bridgehead atoms. The molecule has 0 atom stereocenters. The quantitative estimate of drug-likeness (QED) is 0.619. The Morgan fingerprint density at radius 3 is 2.21 bits per heavy atom. The number of hydrogen-bond donors (Lipinski definition) is 1. The zero-order valence-corrected chi connectivity index (χ0v) is 15.3. The van der Waals surface area contributed by atoms with Gasteiger partial charge in [0.1, 0.15) is 0 Å². The second-order valence-electron chi connectivity index (χ2n) is 5.95. The molecule has 24 heavy (non-hydrogen) atoms. The van der Waals surface area contributed by atoms with Crippen molar-refractivity contribution in [2.75, 3.05) is 0 Å². The van der Waals surface area contributed by atoms with E-state index in [4.69, 9.17) is 23.2 Å². The lowest BCUT2D eigenvalue weighted by Gasteiger charge is -2.11. The van der Waals surface area contributed by atoms with E-state index in [0.717, 1.165) is 18.8 Å². The topological polar surface area (TPSA) is 17.0 Å². The summed E-state index contributed by atoms with van der Waals surface area (Å²) >= 11 is 12.3. The molecule has 124 valence electrons. The summed E-state index contributed by atoms with van der Waals surface area (Å²) in [6.45, 7) is 5.90. The summed E-state index contributed by atoms with van der Waals surface area (Å²) in [5.74, 6) is 0. The maximum absolute atomic E-state index is 6.15. The monoisotopic (exact) mass is 358 g/mol. The SMILES string of the molecule is Cc1cc(CNCc2ccccc2)c(C)n1-c1cc(Cl)cc(Cl)c1. The molecule has 0 saturated carbocycles. The molecule has 0 fully saturated rings. The van der Waals surface area contributed by atoms with Crippen molar-refractivity contribution >= 4 is 23.2 Å². The highest BCUT2D eigenvalue weighted by molar-refractivity contribution is 6.34. The van der Waals surface area contributed by atoms with Crippen molar-refractivity contribution in [3.63, 3.8) is 0 Å². The lowest BCUT2D eigenvalue weighted by atomic mass is 10.2. The van der Waals surface area contributed by atoms with Gasteiger partial charge in [0.05, 0.1) is 0 Å².